The number of carbonyl (C=O) groups is 2. The predicted molar refractivity (Wildman–Crippen MR) is 109 cm³/mol. The smallest absolute Gasteiger partial charge is 0.306 e. The van der Waals surface area contributed by atoms with Gasteiger partial charge in [0.15, 0.2) is 0 Å². The van der Waals surface area contributed by atoms with Crippen LogP contribution in [0.2, 0.25) is 0 Å². The molecular formula is C24H33NO3. The van der Waals surface area contributed by atoms with Gasteiger partial charge in [0, 0.05) is 23.9 Å². The highest BCUT2D eigenvalue weighted by Gasteiger charge is 2.53. The van der Waals surface area contributed by atoms with Gasteiger partial charge in [-0.1, -0.05) is 45.0 Å². The lowest BCUT2D eigenvalue weighted by Crippen LogP contribution is -2.52. The number of likely N-dealkylation sites (tertiary alicyclic amines) is 1. The van der Waals surface area contributed by atoms with E-state index >= 15 is 0 Å². The molecule has 0 bridgehead atoms. The summed E-state index contributed by atoms with van der Waals surface area (Å²) in [5.41, 5.74) is 2.91. The van der Waals surface area contributed by atoms with Gasteiger partial charge in [-0.2, -0.15) is 0 Å². The highest BCUT2D eigenvalue weighted by molar-refractivity contribution is 5.81. The summed E-state index contributed by atoms with van der Waals surface area (Å²) in [6.45, 7) is 10.3. The molecule has 1 saturated carbocycles. The van der Waals surface area contributed by atoms with Crippen LogP contribution in [-0.2, 0) is 19.7 Å². The van der Waals surface area contributed by atoms with Crippen LogP contribution in [0.4, 0.5) is 0 Å². The Bertz CT molecular complexity index is 755. The molecule has 3 aliphatic rings. The minimum atomic E-state index is -0.0995. The third kappa shape index (κ3) is 3.58. The molecule has 1 aromatic rings. The van der Waals surface area contributed by atoms with Gasteiger partial charge in [0.2, 0.25) is 5.91 Å². The molecule has 1 aromatic carbocycles. The Hall–Kier alpha value is -1.84. The minimum Gasteiger partial charge on any atom is -0.465 e. The average Bonchev–Trinajstić information content (AvgIpc) is 3.01. The van der Waals surface area contributed by atoms with Crippen molar-refractivity contribution >= 4 is 11.9 Å². The number of benzene rings is 1. The van der Waals surface area contributed by atoms with Gasteiger partial charge in [0.05, 0.1) is 13.0 Å². The van der Waals surface area contributed by atoms with Crippen LogP contribution in [0.25, 0.3) is 0 Å². The maximum Gasteiger partial charge on any atom is 0.306 e. The lowest BCUT2D eigenvalue weighted by atomic mass is 9.61. The van der Waals surface area contributed by atoms with Crippen LogP contribution in [0, 0.1) is 11.3 Å². The number of cyclic esters (lactones) is 1. The van der Waals surface area contributed by atoms with E-state index in [1.165, 1.54) is 11.1 Å². The average molecular weight is 384 g/mol. The van der Waals surface area contributed by atoms with Crippen molar-refractivity contribution in [1.82, 2.24) is 4.90 Å². The zero-order valence-corrected chi connectivity index (χ0v) is 17.7. The SMILES string of the molecule is C[C@H]1C[C@@H](c2ccc(C(C)(C)C)cc2)CCN1C(=O)C1CC2(COC(=O)C2)C1. The van der Waals surface area contributed by atoms with Gasteiger partial charge < -0.3 is 9.64 Å². The lowest BCUT2D eigenvalue weighted by molar-refractivity contribution is -0.147. The second-order valence-electron chi connectivity index (χ2n) is 10.4. The van der Waals surface area contributed by atoms with E-state index < -0.39 is 0 Å². The van der Waals surface area contributed by atoms with Gasteiger partial charge in [-0.25, -0.2) is 0 Å². The number of nitrogens with zero attached hydrogens (tertiary/aromatic N) is 1. The van der Waals surface area contributed by atoms with Crippen LogP contribution in [-0.4, -0.2) is 36.0 Å². The van der Waals surface area contributed by atoms with Crippen molar-refractivity contribution in [3.8, 4) is 0 Å². The van der Waals surface area contributed by atoms with Gasteiger partial charge in [-0.15, -0.1) is 0 Å². The number of carbonyl (C=O) groups excluding carboxylic acids is 2. The molecule has 152 valence electrons. The first-order valence-corrected chi connectivity index (χ1v) is 10.7. The first-order valence-electron chi connectivity index (χ1n) is 10.7. The van der Waals surface area contributed by atoms with Crippen LogP contribution in [0.3, 0.4) is 0 Å². The van der Waals surface area contributed by atoms with Crippen LogP contribution < -0.4 is 0 Å². The van der Waals surface area contributed by atoms with Crippen molar-refractivity contribution in [2.45, 2.75) is 77.2 Å². The number of esters is 1. The predicted octanol–water partition coefficient (Wildman–Crippen LogP) is 4.42. The maximum absolute atomic E-state index is 13.0. The Kier molecular flexibility index (Phi) is 4.79. The summed E-state index contributed by atoms with van der Waals surface area (Å²) in [5.74, 6) is 0.804. The van der Waals surface area contributed by atoms with E-state index in [2.05, 4.69) is 56.9 Å². The summed E-state index contributed by atoms with van der Waals surface area (Å²) >= 11 is 0. The zero-order chi connectivity index (χ0) is 20.1. The topological polar surface area (TPSA) is 46.6 Å². The molecule has 2 heterocycles. The van der Waals surface area contributed by atoms with E-state index in [9.17, 15) is 9.59 Å². The van der Waals surface area contributed by atoms with E-state index in [-0.39, 0.29) is 28.8 Å². The molecule has 28 heavy (non-hydrogen) atoms. The second-order valence-corrected chi connectivity index (χ2v) is 10.4. The van der Waals surface area contributed by atoms with Gasteiger partial charge in [-0.05, 0) is 55.1 Å². The summed E-state index contributed by atoms with van der Waals surface area (Å²) in [6, 6.07) is 9.35. The van der Waals surface area contributed by atoms with Gasteiger partial charge in [0.1, 0.15) is 0 Å². The Morgan fingerprint density at radius 3 is 2.39 bits per heavy atom. The highest BCUT2D eigenvalue weighted by atomic mass is 16.5. The molecule has 0 aromatic heterocycles. The molecule has 4 rings (SSSR count). The van der Waals surface area contributed by atoms with E-state index in [0.29, 0.717) is 24.9 Å². The van der Waals surface area contributed by atoms with E-state index in [1.54, 1.807) is 0 Å². The molecular weight excluding hydrogens is 350 g/mol. The number of hydrogen-bond acceptors (Lipinski definition) is 3. The van der Waals surface area contributed by atoms with Crippen molar-refractivity contribution in [3.63, 3.8) is 0 Å². The molecule has 4 heteroatoms. The summed E-state index contributed by atoms with van der Waals surface area (Å²) in [7, 11) is 0. The van der Waals surface area contributed by atoms with E-state index in [1.807, 2.05) is 0 Å². The summed E-state index contributed by atoms with van der Waals surface area (Å²) in [4.78, 5) is 26.5. The molecule has 3 fully saturated rings. The normalized spacial score (nSPS) is 32.9. The van der Waals surface area contributed by atoms with Gasteiger partial charge >= 0.3 is 5.97 Å². The Morgan fingerprint density at radius 1 is 1.18 bits per heavy atom. The number of piperidine rings is 1. The van der Waals surface area contributed by atoms with Crippen molar-refractivity contribution in [2.75, 3.05) is 13.2 Å². The molecule has 1 spiro atoms. The van der Waals surface area contributed by atoms with Crippen LogP contribution in [0.1, 0.15) is 76.8 Å². The third-order valence-electron chi connectivity index (χ3n) is 7.17. The van der Waals surface area contributed by atoms with Crippen molar-refractivity contribution in [1.29, 1.82) is 0 Å². The summed E-state index contributed by atoms with van der Waals surface area (Å²) in [6.07, 6.45) is 4.19. The molecule has 2 saturated heterocycles. The molecule has 0 unspecified atom stereocenters. The molecule has 1 aliphatic carbocycles. The third-order valence-corrected chi connectivity index (χ3v) is 7.17. The molecule has 0 radical (unpaired) electrons. The number of rotatable bonds is 2. The first-order chi connectivity index (χ1) is 13.2. The molecule has 0 N–H and O–H groups in total. The van der Waals surface area contributed by atoms with Crippen molar-refractivity contribution < 1.29 is 14.3 Å². The Labute approximate surface area is 168 Å². The van der Waals surface area contributed by atoms with Crippen LogP contribution in [0.15, 0.2) is 24.3 Å². The van der Waals surface area contributed by atoms with Gasteiger partial charge in [0.25, 0.3) is 0 Å². The fourth-order valence-electron chi connectivity index (χ4n) is 5.36. The van der Waals surface area contributed by atoms with Crippen LogP contribution >= 0.6 is 0 Å². The fourth-order valence-corrected chi connectivity index (χ4v) is 5.36. The van der Waals surface area contributed by atoms with E-state index in [4.69, 9.17) is 4.74 Å². The standard InChI is InChI=1S/C24H33NO3/c1-16-11-18(17-5-7-20(8-6-17)23(2,3)4)9-10-25(16)22(27)19-12-24(13-19)14-21(26)28-15-24/h5-8,16,18-19H,9-15H2,1-4H3/t16-,18-,19?,24?/m0/s1. The molecule has 2 atom stereocenters. The summed E-state index contributed by atoms with van der Waals surface area (Å²) in [5, 5.41) is 0. The minimum absolute atomic E-state index is 0.0340. The van der Waals surface area contributed by atoms with E-state index in [0.717, 1.165) is 32.2 Å². The molecule has 4 nitrogen and oxygen atoms in total. The largest absolute Gasteiger partial charge is 0.465 e. The van der Waals surface area contributed by atoms with Crippen molar-refractivity contribution in [3.05, 3.63) is 35.4 Å². The first kappa shape index (κ1) is 19.5. The maximum atomic E-state index is 13.0. The lowest BCUT2D eigenvalue weighted by Gasteiger charge is -2.46. The molecule has 2 aliphatic heterocycles. The summed E-state index contributed by atoms with van der Waals surface area (Å²) < 4.78 is 5.13. The number of ether oxygens (including phenoxy) is 1. The quantitative estimate of drug-likeness (QED) is 0.710. The second kappa shape index (κ2) is 6.89. The molecule has 1 amide bonds. The number of hydrogen-bond donors (Lipinski definition) is 0. The van der Waals surface area contributed by atoms with Crippen molar-refractivity contribution in [2.24, 2.45) is 11.3 Å². The zero-order valence-electron chi connectivity index (χ0n) is 17.7. The fraction of sp³-hybridized carbons (Fsp3) is 0.667. The highest BCUT2D eigenvalue weighted by Crippen LogP contribution is 2.52. The Balaban J connectivity index is 1.34. The Morgan fingerprint density at radius 2 is 1.86 bits per heavy atom. The van der Waals surface area contributed by atoms with Crippen LogP contribution in [0.5, 0.6) is 0 Å². The van der Waals surface area contributed by atoms with Gasteiger partial charge in [-0.3, -0.25) is 9.59 Å². The monoisotopic (exact) mass is 383 g/mol. The number of amides is 1.